The topological polar surface area (TPSA) is 92.5 Å². The number of hydrogen-bond donors (Lipinski definition) is 1. The van der Waals surface area contributed by atoms with Gasteiger partial charge in [0.1, 0.15) is 11.9 Å². The van der Waals surface area contributed by atoms with Crippen molar-refractivity contribution < 1.29 is 28.6 Å². The molecule has 1 saturated heterocycles. The van der Waals surface area contributed by atoms with Crippen LogP contribution in [-0.2, 0) is 27.8 Å². The first-order chi connectivity index (χ1) is 21.8. The molecule has 2 fully saturated rings. The summed E-state index contributed by atoms with van der Waals surface area (Å²) >= 11 is 0. The molecule has 45 heavy (non-hydrogen) atoms. The molecule has 2 aliphatic carbocycles. The highest BCUT2D eigenvalue weighted by Crippen LogP contribution is 2.65. The third-order valence-electron chi connectivity index (χ3n) is 10.5. The lowest BCUT2D eigenvalue weighted by Crippen LogP contribution is -2.69. The lowest BCUT2D eigenvalue weighted by molar-refractivity contribution is -0.138. The molecule has 3 heterocycles. The summed E-state index contributed by atoms with van der Waals surface area (Å²) in [5, 5.41) is 11.3. The summed E-state index contributed by atoms with van der Waals surface area (Å²) < 4.78 is 17.8. The molecule has 2 aromatic carbocycles. The van der Waals surface area contributed by atoms with Crippen molar-refractivity contribution >= 4 is 18.0 Å². The molecule has 8 nitrogen and oxygen atoms in total. The van der Waals surface area contributed by atoms with Crippen molar-refractivity contribution in [2.45, 2.75) is 76.5 Å². The maximum atomic E-state index is 13.9. The lowest BCUT2D eigenvalue weighted by atomic mass is 9.50. The Labute approximate surface area is 264 Å². The van der Waals surface area contributed by atoms with Gasteiger partial charge in [0.25, 0.3) is 0 Å². The number of amides is 1. The van der Waals surface area contributed by atoms with Crippen LogP contribution in [0.15, 0.2) is 65.5 Å². The van der Waals surface area contributed by atoms with Gasteiger partial charge < -0.3 is 23.9 Å². The van der Waals surface area contributed by atoms with Crippen LogP contribution in [0.1, 0.15) is 62.3 Å². The van der Waals surface area contributed by atoms with Gasteiger partial charge in [-0.3, -0.25) is 14.5 Å². The Bertz CT molecular complexity index is 1600. The predicted octanol–water partition coefficient (Wildman–Crippen LogP) is 5.76. The Morgan fingerprint density at radius 2 is 2.02 bits per heavy atom. The van der Waals surface area contributed by atoms with Gasteiger partial charge in [-0.2, -0.15) is 0 Å². The Balaban J connectivity index is 1.28. The number of phenolic OH excluding ortho intramolecular Hbond substituents is 1. The maximum Gasteiger partial charge on any atom is 0.308 e. The molecule has 8 heteroatoms. The first-order valence-corrected chi connectivity index (χ1v) is 16.3. The Morgan fingerprint density at radius 3 is 2.76 bits per heavy atom. The number of ether oxygens (including phenoxy) is 2. The number of piperidine rings is 1. The first kappa shape index (κ1) is 29.7. The minimum absolute atomic E-state index is 0.00202. The molecule has 0 unspecified atom stereocenters. The fraction of sp³-hybridized carbons (Fsp3) is 0.459. The summed E-state index contributed by atoms with van der Waals surface area (Å²) in [5.41, 5.74) is 3.73. The van der Waals surface area contributed by atoms with E-state index >= 15 is 0 Å². The molecule has 1 aromatic heterocycles. The van der Waals surface area contributed by atoms with Crippen molar-refractivity contribution in [1.82, 2.24) is 9.80 Å². The quantitative estimate of drug-likeness (QED) is 0.187. The van der Waals surface area contributed by atoms with Crippen LogP contribution in [0.4, 0.5) is 0 Å². The minimum atomic E-state index is -0.411. The predicted molar refractivity (Wildman–Crippen MR) is 170 cm³/mol. The van der Waals surface area contributed by atoms with Gasteiger partial charge in [0.2, 0.25) is 5.91 Å². The van der Waals surface area contributed by atoms with E-state index in [0.717, 1.165) is 61.9 Å². The molecule has 5 atom stereocenters. The van der Waals surface area contributed by atoms with Gasteiger partial charge in [-0.1, -0.05) is 44.2 Å². The molecule has 7 rings (SSSR count). The van der Waals surface area contributed by atoms with E-state index in [0.29, 0.717) is 24.0 Å². The summed E-state index contributed by atoms with van der Waals surface area (Å²) in [7, 11) is 0. The molecule has 1 amide bonds. The number of carbonyl (C=O) groups excluding carboxylic acids is 2. The molecule has 0 radical (unpaired) electrons. The largest absolute Gasteiger partial charge is 0.504 e. The van der Waals surface area contributed by atoms with Gasteiger partial charge in [-0.05, 0) is 68.2 Å². The van der Waals surface area contributed by atoms with Gasteiger partial charge >= 0.3 is 5.97 Å². The highest BCUT2D eigenvalue weighted by atomic mass is 16.5. The summed E-state index contributed by atoms with van der Waals surface area (Å²) in [5.74, 6) is 1.02. The molecular weight excluding hydrogens is 568 g/mol. The molecule has 1 N–H and O–H groups in total. The number of benzene rings is 2. The van der Waals surface area contributed by atoms with E-state index in [1.807, 2.05) is 11.0 Å². The van der Waals surface area contributed by atoms with Crippen LogP contribution < -0.4 is 9.47 Å². The number of phenols is 1. The van der Waals surface area contributed by atoms with E-state index in [9.17, 15) is 14.7 Å². The standard InChI is InChI=1S/C37H42N2O6/c1-23(2)21-39(33(42)12-9-26-14-18-43-22-26)29-11-10-28-30-19-27-32(44-24(3)40)20-31(41)35-34(27)37(28,36(29)45-35)15-17-38(30)16-13-25-7-5-4-6-8-25/h4-9,12,14,18,20,22-23,28-30,36,41H,10-11,13,15-17,19,21H2,1-3H3/b12-9+/t28-,29-,30+,36-,37-/m0/s1. The summed E-state index contributed by atoms with van der Waals surface area (Å²) in [6, 6.07) is 14.0. The van der Waals surface area contributed by atoms with Crippen molar-refractivity contribution in [1.29, 1.82) is 0 Å². The van der Waals surface area contributed by atoms with Crippen LogP contribution in [0, 0.1) is 11.8 Å². The van der Waals surface area contributed by atoms with E-state index in [2.05, 4.69) is 49.1 Å². The van der Waals surface area contributed by atoms with Crippen LogP contribution in [0.5, 0.6) is 17.2 Å². The lowest BCUT2D eigenvalue weighted by Gasteiger charge is -2.60. The smallest absolute Gasteiger partial charge is 0.308 e. The molecule has 1 saturated carbocycles. The molecule has 4 aliphatic rings. The molecule has 2 aliphatic heterocycles. The normalized spacial score (nSPS) is 26.5. The van der Waals surface area contributed by atoms with Crippen molar-refractivity contribution in [2.24, 2.45) is 11.8 Å². The van der Waals surface area contributed by atoms with E-state index < -0.39 is 11.4 Å². The molecule has 1 spiro atoms. The van der Waals surface area contributed by atoms with E-state index in [1.165, 1.54) is 12.5 Å². The molecule has 3 aromatic rings. The van der Waals surface area contributed by atoms with Crippen LogP contribution in [0.25, 0.3) is 6.08 Å². The van der Waals surface area contributed by atoms with Gasteiger partial charge in [-0.15, -0.1) is 0 Å². The minimum Gasteiger partial charge on any atom is -0.504 e. The fourth-order valence-corrected chi connectivity index (χ4v) is 8.82. The van der Waals surface area contributed by atoms with Gasteiger partial charge in [0.05, 0.1) is 18.6 Å². The van der Waals surface area contributed by atoms with Crippen LogP contribution in [0.2, 0.25) is 0 Å². The molecular formula is C37H42N2O6. The Kier molecular flexibility index (Phi) is 7.72. The van der Waals surface area contributed by atoms with E-state index in [-0.39, 0.29) is 35.8 Å². The number of nitrogens with zero attached hydrogens (tertiary/aromatic N) is 2. The fourth-order valence-electron chi connectivity index (χ4n) is 8.82. The zero-order valence-electron chi connectivity index (χ0n) is 26.3. The number of rotatable bonds is 9. The monoisotopic (exact) mass is 610 g/mol. The van der Waals surface area contributed by atoms with E-state index in [4.69, 9.17) is 13.9 Å². The van der Waals surface area contributed by atoms with Crippen LogP contribution in [-0.4, -0.2) is 64.6 Å². The average molecular weight is 611 g/mol. The third-order valence-corrected chi connectivity index (χ3v) is 10.5. The SMILES string of the molecule is CC(=O)Oc1cc(O)c2c3c1C[C@@H]1[C@@H]4CC[C@H](N(CC(C)C)C(=O)/C=C/c5ccoc5)[C@H](O2)[C@]34CCN1CCc1ccccc1. The summed E-state index contributed by atoms with van der Waals surface area (Å²) in [6.45, 7) is 8.10. The zero-order chi connectivity index (χ0) is 31.3. The first-order valence-electron chi connectivity index (χ1n) is 16.3. The van der Waals surface area contributed by atoms with Crippen molar-refractivity contribution in [3.63, 3.8) is 0 Å². The second kappa shape index (κ2) is 11.7. The van der Waals surface area contributed by atoms with Gasteiger partial charge in [0.15, 0.2) is 11.5 Å². The van der Waals surface area contributed by atoms with E-state index in [1.54, 1.807) is 30.7 Å². The second-order valence-corrected chi connectivity index (χ2v) is 13.6. The van der Waals surface area contributed by atoms with Crippen LogP contribution >= 0.6 is 0 Å². The number of carbonyl (C=O) groups is 2. The second-order valence-electron chi connectivity index (χ2n) is 13.6. The van der Waals surface area contributed by atoms with Gasteiger partial charge in [0, 0.05) is 60.3 Å². The average Bonchev–Trinajstić information content (AvgIpc) is 3.66. The maximum absolute atomic E-state index is 13.9. The number of aromatic hydroxyl groups is 1. The molecule has 236 valence electrons. The Morgan fingerprint density at radius 1 is 1.20 bits per heavy atom. The Hall–Kier alpha value is -4.04. The van der Waals surface area contributed by atoms with Crippen molar-refractivity contribution in [2.75, 3.05) is 19.6 Å². The third kappa shape index (κ3) is 5.13. The van der Waals surface area contributed by atoms with Crippen molar-refractivity contribution in [3.8, 4) is 17.2 Å². The van der Waals surface area contributed by atoms with Crippen LogP contribution in [0.3, 0.4) is 0 Å². The number of hydrogen-bond acceptors (Lipinski definition) is 7. The highest BCUT2D eigenvalue weighted by molar-refractivity contribution is 5.92. The van der Waals surface area contributed by atoms with Gasteiger partial charge in [-0.25, -0.2) is 0 Å². The number of furan rings is 1. The number of esters is 1. The molecule has 2 bridgehead atoms. The summed E-state index contributed by atoms with van der Waals surface area (Å²) in [4.78, 5) is 30.8. The zero-order valence-corrected chi connectivity index (χ0v) is 26.3. The summed E-state index contributed by atoms with van der Waals surface area (Å²) in [6.07, 6.45) is 10.6. The highest BCUT2D eigenvalue weighted by Gasteiger charge is 2.67. The number of likely N-dealkylation sites (tertiary alicyclic amines) is 1. The van der Waals surface area contributed by atoms with Crippen molar-refractivity contribution in [3.05, 3.63) is 83.3 Å².